The normalized spacial score (nSPS) is 18.8. The molecule has 1 fully saturated rings. The van der Waals surface area contributed by atoms with E-state index in [4.69, 9.17) is 11.6 Å². The van der Waals surface area contributed by atoms with Crippen LogP contribution >= 0.6 is 34.7 Å². The van der Waals surface area contributed by atoms with Crippen molar-refractivity contribution in [3.63, 3.8) is 0 Å². The minimum Gasteiger partial charge on any atom is -0.322 e. The van der Waals surface area contributed by atoms with Crippen molar-refractivity contribution in [1.29, 1.82) is 5.26 Å². The van der Waals surface area contributed by atoms with Crippen LogP contribution in [0.2, 0.25) is 5.02 Å². The van der Waals surface area contributed by atoms with Crippen LogP contribution in [0.1, 0.15) is 23.3 Å². The van der Waals surface area contributed by atoms with Gasteiger partial charge in [-0.3, -0.25) is 14.5 Å². The summed E-state index contributed by atoms with van der Waals surface area (Å²) < 4.78 is 0. The molecule has 0 bridgehead atoms. The van der Waals surface area contributed by atoms with Crippen molar-refractivity contribution in [1.82, 2.24) is 4.90 Å². The fraction of sp³-hybridized carbons (Fsp3) is 0.190. The van der Waals surface area contributed by atoms with E-state index >= 15 is 0 Å². The quantitative estimate of drug-likeness (QED) is 0.724. The number of halogens is 1. The number of carbonyl (C=O) groups excluding carboxylic acids is 2. The lowest BCUT2D eigenvalue weighted by molar-refractivity contribution is -0.124. The summed E-state index contributed by atoms with van der Waals surface area (Å²) in [6.45, 7) is 3.74. The second-order valence-corrected chi connectivity index (χ2v) is 9.06. The van der Waals surface area contributed by atoms with Crippen molar-refractivity contribution >= 4 is 52.2 Å². The topological polar surface area (TPSA) is 73.2 Å². The highest BCUT2D eigenvalue weighted by Gasteiger charge is 2.43. The van der Waals surface area contributed by atoms with Crippen LogP contribution in [0, 0.1) is 18.3 Å². The maximum atomic E-state index is 13.4. The molecule has 3 heterocycles. The van der Waals surface area contributed by atoms with E-state index in [9.17, 15) is 14.9 Å². The van der Waals surface area contributed by atoms with Gasteiger partial charge in [-0.05, 0) is 55.1 Å². The highest BCUT2D eigenvalue weighted by Crippen LogP contribution is 2.49. The third kappa shape index (κ3) is 3.38. The van der Waals surface area contributed by atoms with Crippen LogP contribution in [0.4, 0.5) is 5.69 Å². The summed E-state index contributed by atoms with van der Waals surface area (Å²) in [6.07, 6.45) is 0. The number of nitrogens with zero attached hydrogens (tertiary/aromatic N) is 2. The Balaban J connectivity index is 1.84. The van der Waals surface area contributed by atoms with E-state index in [1.807, 2.05) is 18.4 Å². The first-order valence-corrected chi connectivity index (χ1v) is 11.1. The summed E-state index contributed by atoms with van der Waals surface area (Å²) in [5, 5.41) is 16.0. The van der Waals surface area contributed by atoms with Gasteiger partial charge in [0.05, 0.1) is 33.9 Å². The number of aryl methyl sites for hydroxylation is 1. The van der Waals surface area contributed by atoms with Crippen LogP contribution in [0.5, 0.6) is 0 Å². The largest absolute Gasteiger partial charge is 0.322 e. The number of fused-ring (bicyclic) bond motifs is 1. The molecule has 1 saturated heterocycles. The Morgan fingerprint density at radius 3 is 2.62 bits per heavy atom. The maximum Gasteiger partial charge on any atom is 0.254 e. The lowest BCUT2D eigenvalue weighted by atomic mass is 9.84. The van der Waals surface area contributed by atoms with Crippen LogP contribution < -0.4 is 5.32 Å². The summed E-state index contributed by atoms with van der Waals surface area (Å²) in [7, 11) is 0. The number of rotatable bonds is 3. The van der Waals surface area contributed by atoms with Crippen LogP contribution in [0.15, 0.2) is 57.6 Å². The van der Waals surface area contributed by atoms with Gasteiger partial charge in [-0.15, -0.1) is 11.3 Å². The molecular formula is C21H16ClN3O2S2. The van der Waals surface area contributed by atoms with Crippen molar-refractivity contribution in [2.75, 3.05) is 11.1 Å². The highest BCUT2D eigenvalue weighted by molar-refractivity contribution is 8.04. The van der Waals surface area contributed by atoms with Gasteiger partial charge in [-0.1, -0.05) is 23.4 Å². The average molecular weight is 442 g/mol. The molecule has 8 heteroatoms. The summed E-state index contributed by atoms with van der Waals surface area (Å²) in [5.74, 6) is -0.690. The van der Waals surface area contributed by atoms with Gasteiger partial charge >= 0.3 is 0 Å². The molecule has 0 aliphatic carbocycles. The molecule has 2 aliphatic rings. The molecule has 1 aromatic carbocycles. The van der Waals surface area contributed by atoms with Gasteiger partial charge in [0, 0.05) is 21.3 Å². The van der Waals surface area contributed by atoms with E-state index in [-0.39, 0.29) is 17.6 Å². The molecule has 0 saturated carbocycles. The first-order valence-electron chi connectivity index (χ1n) is 8.84. The average Bonchev–Trinajstić information content (AvgIpc) is 3.29. The number of nitriles is 1. The SMILES string of the molecule is CC1=C(C(=O)Nc2ccc(Cl)cc2)C(c2sccc2C)C(C#N)=C2SCC(=O)N12. The zero-order chi connectivity index (χ0) is 20.7. The lowest BCUT2D eigenvalue weighted by Crippen LogP contribution is -2.34. The maximum absolute atomic E-state index is 13.4. The molecule has 2 aliphatic heterocycles. The number of hydrogen-bond acceptors (Lipinski definition) is 5. The Bertz CT molecular complexity index is 1130. The molecule has 29 heavy (non-hydrogen) atoms. The molecule has 2 aromatic rings. The fourth-order valence-corrected chi connectivity index (χ4v) is 5.84. The third-order valence-electron chi connectivity index (χ3n) is 4.95. The van der Waals surface area contributed by atoms with Gasteiger partial charge in [0.2, 0.25) is 5.91 Å². The minimum atomic E-state index is -0.503. The molecule has 0 spiro atoms. The number of benzene rings is 1. The summed E-state index contributed by atoms with van der Waals surface area (Å²) in [6, 6.07) is 11.1. The Morgan fingerprint density at radius 1 is 1.28 bits per heavy atom. The minimum absolute atomic E-state index is 0.117. The van der Waals surface area contributed by atoms with Gasteiger partial charge in [-0.25, -0.2) is 0 Å². The van der Waals surface area contributed by atoms with E-state index in [2.05, 4.69) is 11.4 Å². The lowest BCUT2D eigenvalue weighted by Gasteiger charge is -2.32. The van der Waals surface area contributed by atoms with E-state index in [0.717, 1.165) is 10.4 Å². The van der Waals surface area contributed by atoms with Crippen molar-refractivity contribution in [2.45, 2.75) is 19.8 Å². The van der Waals surface area contributed by atoms with Gasteiger partial charge in [0.1, 0.15) is 0 Å². The molecule has 0 radical (unpaired) electrons. The van der Waals surface area contributed by atoms with Crippen molar-refractivity contribution < 1.29 is 9.59 Å². The van der Waals surface area contributed by atoms with Crippen molar-refractivity contribution in [3.8, 4) is 6.07 Å². The standard InChI is InChI=1S/C21H16ClN3O2S2/c1-11-7-8-28-19(11)18-15(9-23)21-25(16(26)10-29-21)12(2)17(18)20(27)24-14-5-3-13(22)4-6-14/h3-8,18H,10H2,1-2H3,(H,24,27). The zero-order valence-corrected chi connectivity index (χ0v) is 18.0. The van der Waals surface area contributed by atoms with Gasteiger partial charge in [0.25, 0.3) is 5.91 Å². The van der Waals surface area contributed by atoms with E-state index < -0.39 is 5.92 Å². The second-order valence-electron chi connectivity index (χ2n) is 6.71. The third-order valence-corrected chi connectivity index (χ3v) is 7.35. The molecule has 1 aromatic heterocycles. The molecule has 2 amide bonds. The highest BCUT2D eigenvalue weighted by atomic mass is 35.5. The first kappa shape index (κ1) is 19.8. The summed E-state index contributed by atoms with van der Waals surface area (Å²) in [5.41, 5.74) is 3.04. The monoisotopic (exact) mass is 441 g/mol. The first-order chi connectivity index (χ1) is 13.9. The number of thiophene rings is 1. The summed E-state index contributed by atoms with van der Waals surface area (Å²) >= 11 is 8.80. The number of amides is 2. The van der Waals surface area contributed by atoms with E-state index in [1.54, 1.807) is 31.2 Å². The van der Waals surface area contributed by atoms with Gasteiger partial charge in [0.15, 0.2) is 0 Å². The number of thioether (sulfide) groups is 1. The van der Waals surface area contributed by atoms with Crippen molar-refractivity contribution in [3.05, 3.63) is 73.0 Å². The number of nitrogens with one attached hydrogen (secondary N) is 1. The second kappa shape index (κ2) is 7.71. The smallest absolute Gasteiger partial charge is 0.254 e. The molecule has 1 N–H and O–H groups in total. The van der Waals surface area contributed by atoms with E-state index in [1.165, 1.54) is 28.0 Å². The van der Waals surface area contributed by atoms with Crippen molar-refractivity contribution in [2.24, 2.45) is 0 Å². The Kier molecular flexibility index (Phi) is 5.26. The van der Waals surface area contributed by atoms with Crippen LogP contribution in [0.3, 0.4) is 0 Å². The number of carbonyl (C=O) groups is 2. The molecule has 146 valence electrons. The molecule has 1 atom stereocenters. The molecule has 1 unspecified atom stereocenters. The predicted octanol–water partition coefficient (Wildman–Crippen LogP) is 5.03. The number of allylic oxidation sites excluding steroid dienone is 2. The number of hydrogen-bond donors (Lipinski definition) is 1. The fourth-order valence-electron chi connectivity index (χ4n) is 3.59. The van der Waals surface area contributed by atoms with E-state index in [0.29, 0.717) is 32.6 Å². The van der Waals surface area contributed by atoms with Crippen LogP contribution in [0.25, 0.3) is 0 Å². The molecule has 4 rings (SSSR count). The molecular weight excluding hydrogens is 426 g/mol. The number of anilines is 1. The Labute approximate surface area is 181 Å². The van der Waals surface area contributed by atoms with Gasteiger partial charge in [-0.2, -0.15) is 5.26 Å². The predicted molar refractivity (Wildman–Crippen MR) is 117 cm³/mol. The van der Waals surface area contributed by atoms with Crippen LogP contribution in [-0.4, -0.2) is 22.5 Å². The Hall–Kier alpha value is -2.53. The summed E-state index contributed by atoms with van der Waals surface area (Å²) in [4.78, 5) is 28.3. The molecule has 5 nitrogen and oxygen atoms in total. The zero-order valence-electron chi connectivity index (χ0n) is 15.7. The van der Waals surface area contributed by atoms with Gasteiger partial charge < -0.3 is 5.32 Å². The van der Waals surface area contributed by atoms with Crippen LogP contribution in [-0.2, 0) is 9.59 Å². The Morgan fingerprint density at radius 2 is 2.00 bits per heavy atom.